The van der Waals surface area contributed by atoms with Gasteiger partial charge in [-0.15, -0.1) is 0 Å². The first-order chi connectivity index (χ1) is 16.0. The molecule has 11 heteroatoms. The molecule has 1 fully saturated rings. The van der Waals surface area contributed by atoms with Gasteiger partial charge in [0.15, 0.2) is 11.5 Å². The van der Waals surface area contributed by atoms with Crippen molar-refractivity contribution < 1.29 is 9.18 Å². The number of hydrogen-bond acceptors (Lipinski definition) is 5. The number of aromatic amines is 1. The molecule has 0 saturated heterocycles. The number of benzene rings is 1. The average Bonchev–Trinajstić information content (AvgIpc) is 3.35. The number of fused-ring (bicyclic) bond motifs is 2. The van der Waals surface area contributed by atoms with E-state index < -0.39 is 5.82 Å². The Morgan fingerprint density at radius 3 is 2.79 bits per heavy atom. The first-order valence-electron chi connectivity index (χ1n) is 10.4. The van der Waals surface area contributed by atoms with Crippen LogP contribution in [0, 0.1) is 12.7 Å². The van der Waals surface area contributed by atoms with Crippen LogP contribution in [0.25, 0.3) is 27.8 Å². The van der Waals surface area contributed by atoms with Gasteiger partial charge >= 0.3 is 0 Å². The lowest BCUT2D eigenvalue weighted by molar-refractivity contribution is -0.105. The predicted molar refractivity (Wildman–Crippen MR) is 123 cm³/mol. The number of halogens is 2. The van der Waals surface area contributed by atoms with Crippen molar-refractivity contribution in [1.29, 1.82) is 0 Å². The van der Waals surface area contributed by atoms with Crippen LogP contribution in [0.15, 0.2) is 37.1 Å². The predicted octanol–water partition coefficient (Wildman–Crippen LogP) is 4.36. The number of H-pyrrole nitrogens is 1. The highest BCUT2D eigenvalue weighted by atomic mass is 35.5. The Balaban J connectivity index is 0.000000705. The smallest absolute Gasteiger partial charge is 0.212 e. The minimum atomic E-state index is -0.563. The van der Waals surface area contributed by atoms with Crippen LogP contribution in [0.1, 0.15) is 30.5 Å². The zero-order chi connectivity index (χ0) is 22.9. The molecule has 33 heavy (non-hydrogen) atoms. The number of carbonyl (C=O) groups is 1. The number of carbonyl (C=O) groups excluding carboxylic acids is 1. The lowest BCUT2D eigenvalue weighted by Crippen LogP contribution is -2.05. The summed E-state index contributed by atoms with van der Waals surface area (Å²) in [6.45, 7) is 2.07. The summed E-state index contributed by atoms with van der Waals surface area (Å²) in [4.78, 5) is 19.3. The van der Waals surface area contributed by atoms with Gasteiger partial charge in [0.25, 0.3) is 0 Å². The zero-order valence-corrected chi connectivity index (χ0v) is 18.5. The van der Waals surface area contributed by atoms with Crippen LogP contribution in [-0.2, 0) is 11.3 Å². The van der Waals surface area contributed by atoms with Crippen molar-refractivity contribution >= 4 is 40.4 Å². The van der Waals surface area contributed by atoms with Gasteiger partial charge in [-0.1, -0.05) is 30.9 Å². The van der Waals surface area contributed by atoms with Gasteiger partial charge in [0.2, 0.25) is 6.41 Å². The molecule has 9 nitrogen and oxygen atoms in total. The Labute approximate surface area is 192 Å². The van der Waals surface area contributed by atoms with E-state index in [0.29, 0.717) is 45.6 Å². The molecule has 0 spiro atoms. The Bertz CT molecular complexity index is 1470. The second-order valence-electron chi connectivity index (χ2n) is 7.78. The largest absolute Gasteiger partial charge is 0.312 e. The maximum Gasteiger partial charge on any atom is 0.212 e. The molecule has 4 heterocycles. The number of amides is 1. The molecule has 168 valence electrons. The van der Waals surface area contributed by atoms with Crippen molar-refractivity contribution in [3.63, 3.8) is 0 Å². The van der Waals surface area contributed by atoms with Crippen molar-refractivity contribution in [1.82, 2.24) is 34.3 Å². The summed E-state index contributed by atoms with van der Waals surface area (Å²) in [6.07, 6.45) is 13.2. The molecule has 1 aromatic carbocycles. The van der Waals surface area contributed by atoms with Crippen LogP contribution >= 0.6 is 11.6 Å². The van der Waals surface area contributed by atoms with Crippen molar-refractivity contribution in [2.75, 3.05) is 5.32 Å². The van der Waals surface area contributed by atoms with Crippen molar-refractivity contribution in [2.24, 2.45) is 0 Å². The van der Waals surface area contributed by atoms with Crippen molar-refractivity contribution in [3.05, 3.63) is 59.1 Å². The van der Waals surface area contributed by atoms with Crippen LogP contribution in [0.5, 0.6) is 0 Å². The highest BCUT2D eigenvalue weighted by molar-refractivity contribution is 6.35. The van der Waals surface area contributed by atoms with E-state index in [0.717, 1.165) is 5.69 Å². The van der Waals surface area contributed by atoms with Gasteiger partial charge in [-0.25, -0.2) is 9.37 Å². The quantitative estimate of drug-likeness (QED) is 0.374. The van der Waals surface area contributed by atoms with E-state index in [1.807, 2.05) is 13.0 Å². The third kappa shape index (κ3) is 4.17. The van der Waals surface area contributed by atoms with E-state index in [4.69, 9.17) is 11.6 Å². The number of imidazole rings is 1. The first kappa shape index (κ1) is 21.1. The topological polar surface area (TPSA) is 106 Å². The standard InChI is InChI=1S/C19H14ClFN8O.C3H6/c1-10-2-3-29(27-10)6-12-18(21)17(20)16(11-4-24-26-19(11)12)13-7-28-8-14(23-9-30)25-15(28)5-22-13;1-2-3-1/h2-5,7-9H,6H2,1H3,(H,23,30)(H,24,26);1-3H2. The molecule has 4 aromatic heterocycles. The maximum absolute atomic E-state index is 15.3. The highest BCUT2D eigenvalue weighted by Crippen LogP contribution is 2.38. The zero-order valence-electron chi connectivity index (χ0n) is 17.7. The number of rotatable bonds is 5. The third-order valence-electron chi connectivity index (χ3n) is 5.14. The Morgan fingerprint density at radius 1 is 1.27 bits per heavy atom. The van der Waals surface area contributed by atoms with E-state index in [-0.39, 0.29) is 11.6 Å². The summed E-state index contributed by atoms with van der Waals surface area (Å²) in [5, 5.41) is 14.3. The molecule has 0 aliphatic heterocycles. The second-order valence-corrected chi connectivity index (χ2v) is 8.16. The number of aryl methyl sites for hydroxylation is 1. The van der Waals surface area contributed by atoms with Gasteiger partial charge < -0.3 is 9.72 Å². The molecule has 5 aromatic rings. The summed E-state index contributed by atoms with van der Waals surface area (Å²) < 4.78 is 18.7. The molecular weight excluding hydrogens is 447 g/mol. The number of aromatic nitrogens is 7. The molecule has 0 bridgehead atoms. The monoisotopic (exact) mass is 466 g/mol. The average molecular weight is 467 g/mol. The number of anilines is 1. The van der Waals surface area contributed by atoms with E-state index in [1.165, 1.54) is 25.5 Å². The fourth-order valence-corrected chi connectivity index (χ4v) is 3.76. The molecule has 2 N–H and O–H groups in total. The fraction of sp³-hybridized carbons (Fsp3) is 0.227. The molecule has 0 radical (unpaired) electrons. The Kier molecular flexibility index (Phi) is 5.51. The lowest BCUT2D eigenvalue weighted by atomic mass is 10.0. The summed E-state index contributed by atoms with van der Waals surface area (Å²) in [7, 11) is 0. The Morgan fingerprint density at radius 2 is 2.09 bits per heavy atom. The lowest BCUT2D eigenvalue weighted by Gasteiger charge is -2.12. The van der Waals surface area contributed by atoms with Gasteiger partial charge in [0.1, 0.15) is 5.82 Å². The van der Waals surface area contributed by atoms with Crippen LogP contribution < -0.4 is 5.32 Å². The van der Waals surface area contributed by atoms with Crippen LogP contribution in [0.2, 0.25) is 5.02 Å². The van der Waals surface area contributed by atoms with E-state index in [9.17, 15) is 4.79 Å². The Hall–Kier alpha value is -3.79. The van der Waals surface area contributed by atoms with Crippen molar-refractivity contribution in [3.8, 4) is 11.3 Å². The minimum Gasteiger partial charge on any atom is -0.312 e. The van der Waals surface area contributed by atoms with E-state index >= 15 is 4.39 Å². The number of nitrogens with zero attached hydrogens (tertiary/aromatic N) is 6. The van der Waals surface area contributed by atoms with Crippen LogP contribution in [-0.4, -0.2) is 40.8 Å². The minimum absolute atomic E-state index is 0.0546. The summed E-state index contributed by atoms with van der Waals surface area (Å²) >= 11 is 6.48. The number of nitrogens with one attached hydrogen (secondary N) is 2. The molecule has 1 amide bonds. The second kappa shape index (κ2) is 8.62. The summed E-state index contributed by atoms with van der Waals surface area (Å²) in [5.41, 5.74) is 3.10. The number of hydrogen-bond donors (Lipinski definition) is 2. The van der Waals surface area contributed by atoms with E-state index in [1.54, 1.807) is 33.9 Å². The maximum atomic E-state index is 15.3. The van der Waals surface area contributed by atoms with Crippen LogP contribution in [0.4, 0.5) is 10.2 Å². The van der Waals surface area contributed by atoms with Gasteiger partial charge in [-0.3, -0.25) is 19.6 Å². The molecule has 1 aliphatic rings. The molecule has 6 rings (SSSR count). The fourth-order valence-electron chi connectivity index (χ4n) is 3.45. The first-order valence-corrected chi connectivity index (χ1v) is 10.8. The molecule has 0 atom stereocenters. The normalized spacial score (nSPS) is 12.6. The van der Waals surface area contributed by atoms with Gasteiger partial charge in [-0.2, -0.15) is 10.2 Å². The van der Waals surface area contributed by atoms with Crippen molar-refractivity contribution in [2.45, 2.75) is 32.7 Å². The SMILES string of the molecule is C1CC1.Cc1ccn(Cc2c(F)c(Cl)c(-c3cn4cc(NC=O)nc4cn3)c3cn[nH]c23)n1. The third-order valence-corrected chi connectivity index (χ3v) is 5.49. The van der Waals surface area contributed by atoms with Gasteiger partial charge in [0, 0.05) is 28.9 Å². The molecule has 1 aliphatic carbocycles. The van der Waals surface area contributed by atoms with Gasteiger partial charge in [0.05, 0.1) is 47.1 Å². The molecule has 1 saturated carbocycles. The van der Waals surface area contributed by atoms with Gasteiger partial charge in [-0.05, 0) is 13.0 Å². The highest BCUT2D eigenvalue weighted by Gasteiger charge is 2.22. The summed E-state index contributed by atoms with van der Waals surface area (Å²) in [6, 6.07) is 1.84. The van der Waals surface area contributed by atoms with Crippen LogP contribution in [0.3, 0.4) is 0 Å². The molecule has 0 unspecified atom stereocenters. The molecular formula is C22H20ClFN8O. The summed E-state index contributed by atoms with van der Waals surface area (Å²) in [5.74, 6) is -0.188. The van der Waals surface area contributed by atoms with E-state index in [2.05, 4.69) is 30.6 Å².